The first-order valence-corrected chi connectivity index (χ1v) is 21.1. The van der Waals surface area contributed by atoms with E-state index in [1.165, 1.54) is 51.8 Å². The molecule has 0 aliphatic rings. The molecule has 0 fully saturated rings. The van der Waals surface area contributed by atoms with E-state index < -0.39 is 33.3 Å². The molecule has 0 N–H and O–H groups in total. The van der Waals surface area contributed by atoms with Gasteiger partial charge in [0, 0.05) is 0 Å². The van der Waals surface area contributed by atoms with Crippen molar-refractivity contribution >= 4 is 30.2 Å². The molecule has 0 radical (unpaired) electrons. The topological polar surface area (TPSA) is 30.7 Å². The van der Waals surface area contributed by atoms with Crippen LogP contribution in [0.2, 0.25) is 33.0 Å². The molecular weight excluding hydrogens is 417 g/mol. The number of rotatable bonds is 12. The molecule has 0 atom stereocenters. The van der Waals surface area contributed by atoms with Crippen molar-refractivity contribution in [2.24, 2.45) is 0 Å². The van der Waals surface area contributed by atoms with Crippen LogP contribution in [0.4, 0.5) is 0 Å². The van der Waals surface area contributed by atoms with Crippen molar-refractivity contribution in [1.82, 2.24) is 15.0 Å². The van der Waals surface area contributed by atoms with Gasteiger partial charge in [0.1, 0.15) is 0 Å². The maximum atomic E-state index is 8.13. The third-order valence-electron chi connectivity index (χ3n) is 4.89. The molecule has 0 aromatic carbocycles. The Kier molecular flexibility index (Phi) is 7.57. The molecule has 3 nitrogen and oxygen atoms in total. The van der Waals surface area contributed by atoms with E-state index in [4.69, 9.17) is 4.11 Å². The Morgan fingerprint density at radius 1 is 0.958 bits per heavy atom. The summed E-state index contributed by atoms with van der Waals surface area (Å²) in [4.78, 5) is 0. The van der Waals surface area contributed by atoms with Crippen LogP contribution in [-0.2, 0) is 6.17 Å². The fourth-order valence-electron chi connectivity index (χ4n) is 3.67. The number of unbranched alkanes of at least 4 members (excludes halogenated alkanes) is 3. The van der Waals surface area contributed by atoms with E-state index in [0.717, 1.165) is 9.88 Å². The van der Waals surface area contributed by atoms with Crippen LogP contribution in [0.5, 0.6) is 0 Å². The van der Waals surface area contributed by atoms with E-state index >= 15 is 0 Å². The van der Waals surface area contributed by atoms with E-state index in [0.29, 0.717) is 5.69 Å². The van der Waals surface area contributed by atoms with Crippen molar-refractivity contribution in [3.05, 3.63) is 5.69 Å². The van der Waals surface area contributed by atoms with E-state index in [1.54, 1.807) is 0 Å². The number of hydrogen-bond acceptors (Lipinski definition) is 2. The van der Waals surface area contributed by atoms with Gasteiger partial charge < -0.3 is 0 Å². The number of hydrogen-bond donors (Lipinski definition) is 0. The zero-order valence-corrected chi connectivity index (χ0v) is 20.8. The van der Waals surface area contributed by atoms with Crippen LogP contribution in [0.15, 0.2) is 0 Å². The molecule has 1 heterocycles. The van der Waals surface area contributed by atoms with E-state index in [2.05, 4.69) is 55.4 Å². The minimum absolute atomic E-state index is 0.347. The molecule has 5 heteroatoms. The predicted molar refractivity (Wildman–Crippen MR) is 113 cm³/mol. The van der Waals surface area contributed by atoms with Gasteiger partial charge in [0.15, 0.2) is 0 Å². The second kappa shape index (κ2) is 10.3. The van der Waals surface area contributed by atoms with Crippen LogP contribution in [0.1, 0.15) is 69.1 Å². The monoisotopic (exact) mass is 462 g/mol. The van der Waals surface area contributed by atoms with Crippen molar-refractivity contribution < 1.29 is 4.11 Å². The average Bonchev–Trinajstić information content (AvgIpc) is 2.97. The summed E-state index contributed by atoms with van der Waals surface area (Å²) in [6, 6.07) is 0. The van der Waals surface area contributed by atoms with Crippen molar-refractivity contribution in [2.75, 3.05) is 0 Å². The minimum atomic E-state index is -2.94. The Labute approximate surface area is 160 Å². The van der Waals surface area contributed by atoms with Crippen LogP contribution in [0, 0.1) is 6.85 Å². The van der Waals surface area contributed by atoms with E-state index in [-0.39, 0.29) is 0 Å². The molecule has 0 saturated carbocycles. The Morgan fingerprint density at radius 2 is 1.46 bits per heavy atom. The zero-order valence-electron chi connectivity index (χ0n) is 19.9. The molecule has 1 aromatic rings. The van der Waals surface area contributed by atoms with Gasteiger partial charge in [-0.2, -0.15) is 0 Å². The molecule has 0 amide bonds. The van der Waals surface area contributed by atoms with Crippen molar-refractivity contribution in [2.45, 2.75) is 105 Å². The number of nitrogens with zero attached hydrogens (tertiary/aromatic N) is 3. The van der Waals surface area contributed by atoms with Gasteiger partial charge in [0.2, 0.25) is 0 Å². The quantitative estimate of drug-likeness (QED) is 0.384. The zero-order chi connectivity index (χ0) is 20.7. The van der Waals surface area contributed by atoms with Crippen LogP contribution >= 0.6 is 0 Å². The first-order valence-electron chi connectivity index (χ1n) is 11.4. The summed E-state index contributed by atoms with van der Waals surface area (Å²) < 4.78 is 31.4. The third kappa shape index (κ3) is 6.47. The predicted octanol–water partition coefficient (Wildman–Crippen LogP) is 5.52. The van der Waals surface area contributed by atoms with Gasteiger partial charge in [0.25, 0.3) is 0 Å². The Balaban J connectivity index is 3.60. The summed E-state index contributed by atoms with van der Waals surface area (Å²) >= 11 is -2.94. The molecule has 0 aliphatic heterocycles. The number of aryl methyl sites for hydroxylation is 1. The maximum absolute atomic E-state index is 8.13. The second-order valence-corrected chi connectivity index (χ2v) is 27.0. The number of aromatic nitrogens is 3. The van der Waals surface area contributed by atoms with Gasteiger partial charge in [-0.25, -0.2) is 0 Å². The summed E-state index contributed by atoms with van der Waals surface area (Å²) in [5.41, 5.74) is 0.347. The van der Waals surface area contributed by atoms with E-state index in [1.807, 2.05) is 0 Å². The molecule has 0 saturated heterocycles. The molecule has 24 heavy (non-hydrogen) atoms. The first-order chi connectivity index (χ1) is 12.5. The van der Waals surface area contributed by atoms with Gasteiger partial charge >= 0.3 is 160 Å². The summed E-state index contributed by atoms with van der Waals surface area (Å²) in [6.07, 6.45) is 8.04. The molecular formula is C19H41N3SiSn. The Bertz CT molecular complexity index is 546. The SMILES string of the molecule is [2H]C([2H])([2H])c1nnn(C[Si](C)(C)C)[c]1[Sn]([CH2]CCC)([CH2]CCC)[CH2]CCC. The van der Waals surface area contributed by atoms with Crippen LogP contribution < -0.4 is 3.71 Å². The average molecular weight is 461 g/mol. The van der Waals surface area contributed by atoms with Gasteiger partial charge in [-0.3, -0.25) is 0 Å². The summed E-state index contributed by atoms with van der Waals surface area (Å²) in [6.45, 7) is 11.6. The summed E-state index contributed by atoms with van der Waals surface area (Å²) in [5.74, 6) is 0. The molecule has 0 bridgehead atoms. The van der Waals surface area contributed by atoms with Crippen molar-refractivity contribution in [3.8, 4) is 0 Å². The molecule has 1 aromatic heterocycles. The third-order valence-corrected chi connectivity index (χ3v) is 21.6. The molecule has 0 aliphatic carbocycles. The van der Waals surface area contributed by atoms with Crippen LogP contribution in [-0.4, -0.2) is 41.4 Å². The van der Waals surface area contributed by atoms with Gasteiger partial charge in [-0.1, -0.05) is 0 Å². The Morgan fingerprint density at radius 3 is 1.83 bits per heavy atom. The van der Waals surface area contributed by atoms with E-state index in [9.17, 15) is 0 Å². The summed E-state index contributed by atoms with van der Waals surface area (Å²) in [5, 5.41) is 8.74. The fraction of sp³-hybridized carbons (Fsp3) is 0.895. The standard InChI is InChI=1S/C7H14N3Si.3C4H9.Sn/c1-7-5-10(9-8-7)6-11(2,3)4;3*1-3-4-2;/h6H2,1-4H3;3*1,3-4H2,2H3;/i1D3;;;;. The molecule has 140 valence electrons. The second-order valence-electron chi connectivity index (χ2n) is 8.60. The van der Waals surface area contributed by atoms with Gasteiger partial charge in [0.05, 0.1) is 0 Å². The van der Waals surface area contributed by atoms with Crippen molar-refractivity contribution in [1.29, 1.82) is 0 Å². The molecule has 0 unspecified atom stereocenters. The summed E-state index contributed by atoms with van der Waals surface area (Å²) in [7, 11) is -1.44. The fourth-order valence-corrected chi connectivity index (χ4v) is 21.7. The van der Waals surface area contributed by atoms with Crippen LogP contribution in [0.3, 0.4) is 0 Å². The first kappa shape index (κ1) is 17.6. The van der Waals surface area contributed by atoms with Crippen LogP contribution in [0.25, 0.3) is 0 Å². The molecule has 1 rings (SSSR count). The van der Waals surface area contributed by atoms with Crippen molar-refractivity contribution in [3.63, 3.8) is 0 Å². The van der Waals surface area contributed by atoms with Gasteiger partial charge in [-0.05, 0) is 0 Å². The Hall–Kier alpha value is 0.156. The van der Waals surface area contributed by atoms with Gasteiger partial charge in [-0.15, -0.1) is 0 Å². The normalized spacial score (nSPS) is 15.2. The molecule has 0 spiro atoms.